The molecule has 9 heavy (non-hydrogen) atoms. The van der Waals surface area contributed by atoms with Gasteiger partial charge < -0.3 is 5.11 Å². The Bertz CT molecular complexity index is 94.2. The fourth-order valence-electron chi connectivity index (χ4n) is 0.410. The van der Waals surface area contributed by atoms with Crippen LogP contribution in [-0.2, 0) is 9.90 Å². The van der Waals surface area contributed by atoms with Crippen LogP contribution in [0.25, 0.3) is 0 Å². The molecule has 0 heterocycles. The summed E-state index contributed by atoms with van der Waals surface area (Å²) in [6.07, 6.45) is -0.168. The van der Waals surface area contributed by atoms with E-state index in [-0.39, 0.29) is 6.42 Å². The number of carboxylic acid groups (broad SMARTS) is 1. The largest absolute Gasteiger partial charge is 0.481 e. The maximum absolute atomic E-state index is 11.4. The summed E-state index contributed by atoms with van der Waals surface area (Å²) in [5, 5.41) is 18.1. The second kappa shape index (κ2) is 4.26. The summed E-state index contributed by atoms with van der Waals surface area (Å²) in [4.78, 5) is 9.95. The SMILES string of the molecule is [O]CC(CCF)C(=O)O. The van der Waals surface area contributed by atoms with Crippen LogP contribution in [0.15, 0.2) is 0 Å². The molecule has 0 aromatic heterocycles. The molecule has 0 rings (SSSR count). The summed E-state index contributed by atoms with van der Waals surface area (Å²) in [5.41, 5.74) is 0. The van der Waals surface area contributed by atoms with Gasteiger partial charge in [0, 0.05) is 0 Å². The monoisotopic (exact) mass is 135 g/mol. The number of hydrogen-bond donors (Lipinski definition) is 1. The van der Waals surface area contributed by atoms with Crippen LogP contribution in [0.4, 0.5) is 4.39 Å². The molecule has 1 N–H and O–H groups in total. The summed E-state index contributed by atoms with van der Waals surface area (Å²) >= 11 is 0. The van der Waals surface area contributed by atoms with E-state index in [0.717, 1.165) is 0 Å². The van der Waals surface area contributed by atoms with E-state index < -0.39 is 25.2 Å². The molecule has 1 atom stereocenters. The molecule has 1 radical (unpaired) electrons. The average molecular weight is 135 g/mol. The van der Waals surface area contributed by atoms with Crippen LogP contribution in [-0.4, -0.2) is 24.4 Å². The van der Waals surface area contributed by atoms with Gasteiger partial charge in [-0.15, -0.1) is 0 Å². The molecule has 0 spiro atoms. The second-order valence-electron chi connectivity index (χ2n) is 1.68. The second-order valence-corrected chi connectivity index (χ2v) is 1.68. The quantitative estimate of drug-likeness (QED) is 0.609. The number of carbonyl (C=O) groups is 1. The Balaban J connectivity index is 3.54. The molecule has 0 amide bonds. The highest BCUT2D eigenvalue weighted by atomic mass is 19.1. The highest BCUT2D eigenvalue weighted by Gasteiger charge is 2.15. The first-order valence-electron chi connectivity index (χ1n) is 2.59. The predicted molar refractivity (Wildman–Crippen MR) is 27.3 cm³/mol. The van der Waals surface area contributed by atoms with Gasteiger partial charge in [-0.1, -0.05) is 0 Å². The van der Waals surface area contributed by atoms with Gasteiger partial charge in [-0.2, -0.15) is 0 Å². The van der Waals surface area contributed by atoms with E-state index in [1.54, 1.807) is 0 Å². The van der Waals surface area contributed by atoms with Crippen molar-refractivity contribution < 1.29 is 19.4 Å². The Labute approximate surface area is 52.1 Å². The first-order chi connectivity index (χ1) is 4.22. The van der Waals surface area contributed by atoms with E-state index in [1.165, 1.54) is 0 Å². The zero-order valence-corrected chi connectivity index (χ0v) is 4.84. The molecule has 0 aliphatic heterocycles. The maximum atomic E-state index is 11.4. The predicted octanol–water partition coefficient (Wildman–Crippen LogP) is 0.477. The van der Waals surface area contributed by atoms with Gasteiger partial charge >= 0.3 is 5.97 Å². The van der Waals surface area contributed by atoms with E-state index in [2.05, 4.69) is 0 Å². The minimum Gasteiger partial charge on any atom is -0.481 e. The van der Waals surface area contributed by atoms with Crippen molar-refractivity contribution in [3.63, 3.8) is 0 Å². The molecule has 0 fully saturated rings. The lowest BCUT2D eigenvalue weighted by molar-refractivity contribution is -0.144. The number of aliphatic carboxylic acids is 1. The summed E-state index contributed by atoms with van der Waals surface area (Å²) in [6.45, 7) is -1.47. The van der Waals surface area contributed by atoms with Crippen molar-refractivity contribution in [3.8, 4) is 0 Å². The highest BCUT2D eigenvalue weighted by molar-refractivity contribution is 5.69. The maximum Gasteiger partial charge on any atom is 0.309 e. The summed E-state index contributed by atoms with van der Waals surface area (Å²) in [5.74, 6) is -2.25. The summed E-state index contributed by atoms with van der Waals surface area (Å²) in [6, 6.07) is 0. The number of alkyl halides is 1. The Hall–Kier alpha value is -0.640. The van der Waals surface area contributed by atoms with E-state index in [4.69, 9.17) is 5.11 Å². The lowest BCUT2D eigenvalue weighted by atomic mass is 10.1. The molecule has 0 saturated carbocycles. The van der Waals surface area contributed by atoms with Gasteiger partial charge in [0.1, 0.15) is 0 Å². The van der Waals surface area contributed by atoms with Gasteiger partial charge in [-0.3, -0.25) is 9.18 Å². The minimum atomic E-state index is -1.21. The number of hydrogen-bond acceptors (Lipinski definition) is 1. The molecule has 0 saturated heterocycles. The van der Waals surface area contributed by atoms with Crippen LogP contribution in [0.2, 0.25) is 0 Å². The molecule has 4 heteroatoms. The Kier molecular flexibility index (Phi) is 3.96. The van der Waals surface area contributed by atoms with Gasteiger partial charge in [0.2, 0.25) is 0 Å². The lowest BCUT2D eigenvalue weighted by Gasteiger charge is -2.01. The minimum absolute atomic E-state index is 0.168. The van der Waals surface area contributed by atoms with Crippen LogP contribution in [0.3, 0.4) is 0 Å². The zero-order valence-electron chi connectivity index (χ0n) is 4.84. The van der Waals surface area contributed by atoms with Gasteiger partial charge in [0.25, 0.3) is 0 Å². The standard InChI is InChI=1S/C5H8FO3/c6-2-1-4(3-7)5(8)9/h4H,1-3H2,(H,8,9). The van der Waals surface area contributed by atoms with Crippen molar-refractivity contribution in [3.05, 3.63) is 0 Å². The Morgan fingerprint density at radius 2 is 2.22 bits per heavy atom. The molecule has 0 aliphatic carbocycles. The van der Waals surface area contributed by atoms with E-state index >= 15 is 0 Å². The lowest BCUT2D eigenvalue weighted by Crippen LogP contribution is -2.17. The molecular weight excluding hydrogens is 127 g/mol. The van der Waals surface area contributed by atoms with Crippen molar-refractivity contribution in [2.45, 2.75) is 6.42 Å². The smallest absolute Gasteiger partial charge is 0.309 e. The van der Waals surface area contributed by atoms with Crippen LogP contribution in [0.5, 0.6) is 0 Å². The molecule has 53 valence electrons. The van der Waals surface area contributed by atoms with Crippen molar-refractivity contribution in [2.24, 2.45) is 5.92 Å². The van der Waals surface area contributed by atoms with Crippen molar-refractivity contribution in [1.29, 1.82) is 0 Å². The molecular formula is C5H8FO3. The Morgan fingerprint density at radius 1 is 1.67 bits per heavy atom. The highest BCUT2D eigenvalue weighted by Crippen LogP contribution is 2.01. The molecule has 3 nitrogen and oxygen atoms in total. The van der Waals surface area contributed by atoms with Gasteiger partial charge in [-0.05, 0) is 6.42 Å². The average Bonchev–Trinajstić information content (AvgIpc) is 1.82. The molecule has 0 aromatic carbocycles. The van der Waals surface area contributed by atoms with Crippen LogP contribution >= 0.6 is 0 Å². The first kappa shape index (κ1) is 8.36. The van der Waals surface area contributed by atoms with Crippen molar-refractivity contribution >= 4 is 5.97 Å². The van der Waals surface area contributed by atoms with E-state index in [9.17, 15) is 14.3 Å². The van der Waals surface area contributed by atoms with E-state index in [0.29, 0.717) is 0 Å². The molecule has 0 bridgehead atoms. The Morgan fingerprint density at radius 3 is 2.33 bits per heavy atom. The van der Waals surface area contributed by atoms with Crippen LogP contribution in [0.1, 0.15) is 6.42 Å². The number of halogens is 1. The third-order valence-corrected chi connectivity index (χ3v) is 1.01. The van der Waals surface area contributed by atoms with Gasteiger partial charge in [0.05, 0.1) is 19.2 Å². The number of carboxylic acids is 1. The number of rotatable bonds is 4. The van der Waals surface area contributed by atoms with Gasteiger partial charge in [-0.25, -0.2) is 5.11 Å². The molecule has 0 aliphatic rings. The summed E-state index contributed by atoms with van der Waals surface area (Å²) < 4.78 is 11.4. The topological polar surface area (TPSA) is 57.2 Å². The first-order valence-corrected chi connectivity index (χ1v) is 2.59. The fraction of sp³-hybridized carbons (Fsp3) is 0.800. The summed E-state index contributed by atoms with van der Waals surface area (Å²) in [7, 11) is 0. The van der Waals surface area contributed by atoms with Crippen molar-refractivity contribution in [1.82, 2.24) is 0 Å². The third-order valence-electron chi connectivity index (χ3n) is 1.01. The normalized spacial score (nSPS) is 13.1. The third kappa shape index (κ3) is 3.03. The molecule has 1 unspecified atom stereocenters. The van der Waals surface area contributed by atoms with E-state index in [1.807, 2.05) is 0 Å². The fourth-order valence-corrected chi connectivity index (χ4v) is 0.410. The van der Waals surface area contributed by atoms with Crippen molar-refractivity contribution in [2.75, 3.05) is 13.3 Å². The van der Waals surface area contributed by atoms with Crippen LogP contribution in [0, 0.1) is 5.92 Å². The zero-order chi connectivity index (χ0) is 7.28. The molecule has 0 aromatic rings. The van der Waals surface area contributed by atoms with Gasteiger partial charge in [0.15, 0.2) is 0 Å². The van der Waals surface area contributed by atoms with Crippen LogP contribution < -0.4 is 0 Å².